The van der Waals surface area contributed by atoms with Crippen LogP contribution >= 0.6 is 15.9 Å². The Morgan fingerprint density at radius 2 is 1.84 bits per heavy atom. The van der Waals surface area contributed by atoms with Gasteiger partial charge in [-0.05, 0) is 35.9 Å². The van der Waals surface area contributed by atoms with Crippen LogP contribution in [0.15, 0.2) is 46.9 Å². The van der Waals surface area contributed by atoms with Gasteiger partial charge in [0.2, 0.25) is 5.91 Å². The minimum absolute atomic E-state index is 0.0942. The van der Waals surface area contributed by atoms with E-state index in [2.05, 4.69) is 20.7 Å². The van der Waals surface area contributed by atoms with Crippen LogP contribution in [-0.4, -0.2) is 48.4 Å². The van der Waals surface area contributed by atoms with Gasteiger partial charge in [0.05, 0.1) is 18.5 Å². The molecular formula is C21H19BrF4N2O4. The predicted molar refractivity (Wildman–Crippen MR) is 110 cm³/mol. The fraction of sp³-hybridized carbons (Fsp3) is 0.333. The number of carbonyl (C=O) groups excluding carboxylic acids is 2. The summed E-state index contributed by atoms with van der Waals surface area (Å²) in [5, 5.41) is 0. The van der Waals surface area contributed by atoms with E-state index in [-0.39, 0.29) is 43.2 Å². The zero-order valence-corrected chi connectivity index (χ0v) is 18.2. The second-order valence-electron chi connectivity index (χ2n) is 7.17. The third-order valence-corrected chi connectivity index (χ3v) is 5.33. The van der Waals surface area contributed by atoms with Gasteiger partial charge in [-0.15, -0.1) is 13.2 Å². The predicted octanol–water partition coefficient (Wildman–Crippen LogP) is 4.01. The highest BCUT2D eigenvalue weighted by Crippen LogP contribution is 2.28. The lowest BCUT2D eigenvalue weighted by Gasteiger charge is -2.35. The molecule has 1 saturated heterocycles. The number of nitrogens with two attached hydrogens (primary N) is 1. The molecule has 3 rings (SSSR count). The number of hydrogen-bond donors (Lipinski definition) is 1. The van der Waals surface area contributed by atoms with Crippen LogP contribution in [0, 0.1) is 0 Å². The number of piperidine rings is 1. The first-order valence-electron chi connectivity index (χ1n) is 9.54. The summed E-state index contributed by atoms with van der Waals surface area (Å²) in [4.78, 5) is 25.5. The highest BCUT2D eigenvalue weighted by Gasteiger charge is 2.34. The summed E-state index contributed by atoms with van der Waals surface area (Å²) in [5.74, 6) is -1.30. The Kier molecular flexibility index (Phi) is 7.27. The summed E-state index contributed by atoms with van der Waals surface area (Å²) >= 11 is 3.23. The van der Waals surface area contributed by atoms with Crippen LogP contribution in [0.1, 0.15) is 22.3 Å². The highest BCUT2D eigenvalue weighted by atomic mass is 79.9. The second kappa shape index (κ2) is 9.76. The summed E-state index contributed by atoms with van der Waals surface area (Å²) in [6.45, 7) is 0.0167. The molecule has 0 saturated carbocycles. The van der Waals surface area contributed by atoms with Crippen LogP contribution in [0.2, 0.25) is 0 Å². The molecule has 11 heteroatoms. The Hall–Kier alpha value is -2.82. The molecule has 0 unspecified atom stereocenters. The van der Waals surface area contributed by atoms with Crippen molar-refractivity contribution in [2.45, 2.75) is 31.5 Å². The van der Waals surface area contributed by atoms with Crippen molar-refractivity contribution in [2.24, 2.45) is 5.73 Å². The lowest BCUT2D eigenvalue weighted by Crippen LogP contribution is -2.49. The largest absolute Gasteiger partial charge is 0.573 e. The molecule has 0 bridgehead atoms. The van der Waals surface area contributed by atoms with Crippen LogP contribution in [0.4, 0.5) is 17.6 Å². The molecule has 0 radical (unpaired) electrons. The Labute approximate surface area is 189 Å². The van der Waals surface area contributed by atoms with Crippen molar-refractivity contribution in [1.82, 2.24) is 4.90 Å². The molecule has 2 aromatic rings. The van der Waals surface area contributed by atoms with Gasteiger partial charge < -0.3 is 20.1 Å². The second-order valence-corrected chi connectivity index (χ2v) is 8.09. The third kappa shape index (κ3) is 6.35. The quantitative estimate of drug-likeness (QED) is 0.586. The number of carbonyl (C=O) groups is 2. The van der Waals surface area contributed by atoms with E-state index in [0.29, 0.717) is 10.0 Å². The van der Waals surface area contributed by atoms with Crippen molar-refractivity contribution in [2.75, 3.05) is 13.1 Å². The minimum Gasteiger partial charge on any atom is -0.486 e. The molecule has 0 spiro atoms. The minimum atomic E-state index is -4.80. The van der Waals surface area contributed by atoms with Gasteiger partial charge >= 0.3 is 6.36 Å². The van der Waals surface area contributed by atoms with E-state index in [1.165, 1.54) is 29.2 Å². The standard InChI is InChI=1S/C21H19BrF4N2O4/c22-13-3-6-17(15(10-13)20(27)30)31-18-7-8-28(11-16(18)23)19(29)9-12-1-4-14(5-2-12)32-21(24,25)26/h1-6,10,16,18H,7-9,11H2,(H2,27,30)/t16-,18+/m1/s1. The Bertz CT molecular complexity index is 985. The van der Waals surface area contributed by atoms with E-state index in [9.17, 15) is 27.2 Å². The van der Waals surface area contributed by atoms with E-state index in [0.717, 1.165) is 12.1 Å². The van der Waals surface area contributed by atoms with E-state index in [4.69, 9.17) is 10.5 Å². The maximum absolute atomic E-state index is 14.7. The number of benzene rings is 2. The zero-order chi connectivity index (χ0) is 23.5. The fourth-order valence-electron chi connectivity index (χ4n) is 3.30. The Morgan fingerprint density at radius 1 is 1.16 bits per heavy atom. The van der Waals surface area contributed by atoms with E-state index >= 15 is 0 Å². The lowest BCUT2D eigenvalue weighted by atomic mass is 10.0. The number of alkyl halides is 4. The van der Waals surface area contributed by atoms with Crippen LogP contribution < -0.4 is 15.2 Å². The Balaban J connectivity index is 1.57. The van der Waals surface area contributed by atoms with Gasteiger partial charge in [0.25, 0.3) is 5.91 Å². The average molecular weight is 519 g/mol. The average Bonchev–Trinajstić information content (AvgIpc) is 2.70. The van der Waals surface area contributed by atoms with Crippen molar-refractivity contribution in [3.63, 3.8) is 0 Å². The van der Waals surface area contributed by atoms with Gasteiger partial charge in [-0.25, -0.2) is 4.39 Å². The van der Waals surface area contributed by atoms with E-state index in [1.807, 2.05) is 0 Å². The van der Waals surface area contributed by atoms with Crippen molar-refractivity contribution in [3.05, 3.63) is 58.1 Å². The van der Waals surface area contributed by atoms with Crippen molar-refractivity contribution in [1.29, 1.82) is 0 Å². The van der Waals surface area contributed by atoms with Gasteiger partial charge in [0.1, 0.15) is 17.6 Å². The number of ether oxygens (including phenoxy) is 2. The van der Waals surface area contributed by atoms with Crippen LogP contribution in [0.5, 0.6) is 11.5 Å². The topological polar surface area (TPSA) is 81.9 Å². The van der Waals surface area contributed by atoms with E-state index in [1.54, 1.807) is 6.07 Å². The SMILES string of the molecule is NC(=O)c1cc(Br)ccc1O[C@H]1CCN(C(=O)Cc2ccc(OC(F)(F)F)cc2)C[C@H]1F. The molecule has 0 aliphatic carbocycles. The van der Waals surface area contributed by atoms with Gasteiger partial charge in [-0.2, -0.15) is 0 Å². The van der Waals surface area contributed by atoms with Crippen LogP contribution in [0.3, 0.4) is 0 Å². The van der Waals surface area contributed by atoms with Gasteiger partial charge in [0, 0.05) is 17.4 Å². The summed E-state index contributed by atoms with van der Waals surface area (Å²) < 4.78 is 61.5. The molecule has 6 nitrogen and oxygen atoms in total. The normalized spacial score (nSPS) is 18.8. The summed E-state index contributed by atoms with van der Waals surface area (Å²) in [6, 6.07) is 9.56. The first-order valence-corrected chi connectivity index (χ1v) is 10.3. The summed E-state index contributed by atoms with van der Waals surface area (Å²) in [6.07, 6.45) is -7.06. The highest BCUT2D eigenvalue weighted by molar-refractivity contribution is 9.10. The van der Waals surface area contributed by atoms with Crippen LogP contribution in [-0.2, 0) is 11.2 Å². The maximum Gasteiger partial charge on any atom is 0.573 e. The van der Waals surface area contributed by atoms with Crippen molar-refractivity contribution in [3.8, 4) is 11.5 Å². The van der Waals surface area contributed by atoms with Crippen LogP contribution in [0.25, 0.3) is 0 Å². The number of likely N-dealkylation sites (tertiary alicyclic amines) is 1. The smallest absolute Gasteiger partial charge is 0.486 e. The molecule has 2 amide bonds. The first-order chi connectivity index (χ1) is 15.0. The Morgan fingerprint density at radius 3 is 2.44 bits per heavy atom. The number of halogens is 5. The molecule has 2 N–H and O–H groups in total. The first kappa shape index (κ1) is 23.8. The number of nitrogens with zero attached hydrogens (tertiary/aromatic N) is 1. The number of primary amides is 1. The monoisotopic (exact) mass is 518 g/mol. The molecule has 1 fully saturated rings. The molecule has 1 aliphatic heterocycles. The van der Waals surface area contributed by atoms with Crippen molar-refractivity contribution < 1.29 is 36.6 Å². The third-order valence-electron chi connectivity index (χ3n) is 4.83. The van der Waals surface area contributed by atoms with Gasteiger partial charge in [-0.1, -0.05) is 28.1 Å². The number of rotatable bonds is 6. The molecule has 2 atom stereocenters. The zero-order valence-electron chi connectivity index (χ0n) is 16.6. The maximum atomic E-state index is 14.7. The number of hydrogen-bond acceptors (Lipinski definition) is 4. The molecule has 172 valence electrons. The summed E-state index contributed by atoms with van der Waals surface area (Å²) in [7, 11) is 0. The molecular weight excluding hydrogens is 500 g/mol. The molecule has 1 heterocycles. The molecule has 2 aromatic carbocycles. The molecule has 0 aromatic heterocycles. The lowest BCUT2D eigenvalue weighted by molar-refractivity contribution is -0.274. The van der Waals surface area contributed by atoms with Gasteiger partial charge in [0.15, 0.2) is 6.17 Å². The number of amides is 2. The molecule has 1 aliphatic rings. The molecule has 32 heavy (non-hydrogen) atoms. The summed E-state index contributed by atoms with van der Waals surface area (Å²) in [5.41, 5.74) is 5.93. The van der Waals surface area contributed by atoms with Crippen molar-refractivity contribution >= 4 is 27.7 Å². The van der Waals surface area contributed by atoms with Gasteiger partial charge in [-0.3, -0.25) is 9.59 Å². The van der Waals surface area contributed by atoms with E-state index < -0.39 is 30.3 Å². The fourth-order valence-corrected chi connectivity index (χ4v) is 3.66.